The van der Waals surface area contributed by atoms with Gasteiger partial charge in [0, 0.05) is 25.8 Å². The number of nitrogens with one attached hydrogen (secondary N) is 1. The zero-order chi connectivity index (χ0) is 10.6. The molecule has 0 amide bonds. The van der Waals surface area contributed by atoms with Crippen molar-refractivity contribution in [1.29, 1.82) is 0 Å². The maximum atomic E-state index is 8.89. The Labute approximate surface area is 86.8 Å². The quantitative estimate of drug-likeness (QED) is 0.701. The number of hydrogen-bond acceptors (Lipinski definition) is 3. The van der Waals surface area contributed by atoms with E-state index in [1.807, 2.05) is 0 Å². The maximum absolute atomic E-state index is 8.89. The summed E-state index contributed by atoms with van der Waals surface area (Å²) in [6, 6.07) is 0.493. The van der Waals surface area contributed by atoms with Gasteiger partial charge in [0.05, 0.1) is 6.10 Å². The van der Waals surface area contributed by atoms with Crippen molar-refractivity contribution < 1.29 is 9.84 Å². The molecule has 3 nitrogen and oxygen atoms in total. The van der Waals surface area contributed by atoms with Gasteiger partial charge in [-0.25, -0.2) is 0 Å². The summed E-state index contributed by atoms with van der Waals surface area (Å²) in [5.41, 5.74) is 0.178. The van der Waals surface area contributed by atoms with Crippen molar-refractivity contribution in [2.75, 3.05) is 19.8 Å². The molecule has 84 valence electrons. The molecular weight excluding hydrogens is 178 g/mol. The SMILES string of the molecule is CC1OCCC1NCC(C)(C)CCO. The third kappa shape index (κ3) is 3.56. The summed E-state index contributed by atoms with van der Waals surface area (Å²) in [5, 5.41) is 12.4. The third-order valence-electron chi connectivity index (χ3n) is 3.01. The average molecular weight is 201 g/mol. The van der Waals surface area contributed by atoms with Crippen LogP contribution in [0.25, 0.3) is 0 Å². The van der Waals surface area contributed by atoms with Crippen LogP contribution in [0.3, 0.4) is 0 Å². The molecule has 2 N–H and O–H groups in total. The summed E-state index contributed by atoms with van der Waals surface area (Å²) in [4.78, 5) is 0. The van der Waals surface area contributed by atoms with E-state index in [1.165, 1.54) is 0 Å². The molecule has 0 bridgehead atoms. The van der Waals surface area contributed by atoms with Gasteiger partial charge in [0.1, 0.15) is 0 Å². The van der Waals surface area contributed by atoms with Crippen molar-refractivity contribution in [3.63, 3.8) is 0 Å². The van der Waals surface area contributed by atoms with E-state index in [4.69, 9.17) is 9.84 Å². The predicted octanol–water partition coefficient (Wildman–Crippen LogP) is 1.16. The highest BCUT2D eigenvalue weighted by atomic mass is 16.5. The molecule has 2 atom stereocenters. The number of aliphatic hydroxyl groups is 1. The van der Waals surface area contributed by atoms with Crippen LogP contribution in [0.4, 0.5) is 0 Å². The van der Waals surface area contributed by atoms with Crippen LogP contribution in [0.15, 0.2) is 0 Å². The number of rotatable bonds is 5. The standard InChI is InChI=1S/C11H23NO2/c1-9-10(4-7-14-9)12-8-11(2,3)5-6-13/h9-10,12-13H,4-8H2,1-3H3. The van der Waals surface area contributed by atoms with Gasteiger partial charge in [-0.05, 0) is 25.2 Å². The molecule has 0 saturated carbocycles. The van der Waals surface area contributed by atoms with Gasteiger partial charge in [0.25, 0.3) is 0 Å². The molecule has 2 unspecified atom stereocenters. The summed E-state index contributed by atoms with van der Waals surface area (Å²) in [6.07, 6.45) is 2.29. The van der Waals surface area contributed by atoms with Gasteiger partial charge in [-0.3, -0.25) is 0 Å². The first-order chi connectivity index (χ1) is 6.55. The van der Waals surface area contributed by atoms with Crippen molar-refractivity contribution in [3.8, 4) is 0 Å². The Morgan fingerprint density at radius 2 is 2.21 bits per heavy atom. The molecule has 0 aromatic heterocycles. The fourth-order valence-corrected chi connectivity index (χ4v) is 1.80. The Hall–Kier alpha value is -0.120. The van der Waals surface area contributed by atoms with Crippen LogP contribution in [-0.2, 0) is 4.74 Å². The van der Waals surface area contributed by atoms with Crippen LogP contribution in [0.2, 0.25) is 0 Å². The summed E-state index contributed by atoms with van der Waals surface area (Å²) in [5.74, 6) is 0. The number of ether oxygens (including phenoxy) is 1. The number of aliphatic hydroxyl groups excluding tert-OH is 1. The van der Waals surface area contributed by atoms with Crippen LogP contribution < -0.4 is 5.32 Å². The molecule has 1 saturated heterocycles. The maximum Gasteiger partial charge on any atom is 0.0700 e. The molecule has 1 fully saturated rings. The smallest absolute Gasteiger partial charge is 0.0700 e. The fraction of sp³-hybridized carbons (Fsp3) is 1.00. The molecule has 1 rings (SSSR count). The summed E-state index contributed by atoms with van der Waals surface area (Å²) >= 11 is 0. The van der Waals surface area contributed by atoms with Crippen LogP contribution in [-0.4, -0.2) is 37.0 Å². The average Bonchev–Trinajstić information content (AvgIpc) is 2.48. The van der Waals surface area contributed by atoms with Gasteiger partial charge in [-0.2, -0.15) is 0 Å². The molecule has 0 aliphatic carbocycles. The van der Waals surface area contributed by atoms with E-state index in [0.29, 0.717) is 12.1 Å². The Kier molecular flexibility index (Phi) is 4.35. The van der Waals surface area contributed by atoms with Crippen molar-refractivity contribution in [3.05, 3.63) is 0 Å². The Bertz CT molecular complexity index is 171. The van der Waals surface area contributed by atoms with Gasteiger partial charge >= 0.3 is 0 Å². The first-order valence-electron chi connectivity index (χ1n) is 5.51. The Balaban J connectivity index is 2.25. The van der Waals surface area contributed by atoms with Crippen LogP contribution in [0.1, 0.15) is 33.6 Å². The minimum atomic E-state index is 0.178. The lowest BCUT2D eigenvalue weighted by Gasteiger charge is -2.27. The molecule has 1 heterocycles. The second-order valence-corrected chi connectivity index (χ2v) is 4.99. The van der Waals surface area contributed by atoms with Crippen molar-refractivity contribution in [2.45, 2.75) is 45.8 Å². The first-order valence-corrected chi connectivity index (χ1v) is 5.51. The Morgan fingerprint density at radius 1 is 1.50 bits per heavy atom. The Morgan fingerprint density at radius 3 is 2.71 bits per heavy atom. The van der Waals surface area contributed by atoms with E-state index in [-0.39, 0.29) is 12.0 Å². The first kappa shape index (κ1) is 12.0. The molecule has 1 aliphatic heterocycles. The lowest BCUT2D eigenvalue weighted by atomic mass is 9.89. The zero-order valence-electron chi connectivity index (χ0n) is 9.55. The fourth-order valence-electron chi connectivity index (χ4n) is 1.80. The summed E-state index contributed by atoms with van der Waals surface area (Å²) in [6.45, 7) is 8.56. The van der Waals surface area contributed by atoms with Gasteiger partial charge in [0.15, 0.2) is 0 Å². The van der Waals surface area contributed by atoms with Crippen molar-refractivity contribution in [1.82, 2.24) is 5.32 Å². The van der Waals surface area contributed by atoms with Gasteiger partial charge < -0.3 is 15.2 Å². The van der Waals surface area contributed by atoms with Gasteiger partial charge in [0.2, 0.25) is 0 Å². The highest BCUT2D eigenvalue weighted by Gasteiger charge is 2.26. The van der Waals surface area contributed by atoms with E-state index in [1.54, 1.807) is 0 Å². The van der Waals surface area contributed by atoms with E-state index in [9.17, 15) is 0 Å². The van der Waals surface area contributed by atoms with Crippen LogP contribution >= 0.6 is 0 Å². The zero-order valence-corrected chi connectivity index (χ0v) is 9.55. The lowest BCUT2D eigenvalue weighted by molar-refractivity contribution is 0.109. The van der Waals surface area contributed by atoms with Crippen LogP contribution in [0, 0.1) is 5.41 Å². The van der Waals surface area contributed by atoms with Gasteiger partial charge in [-0.15, -0.1) is 0 Å². The number of hydrogen-bond donors (Lipinski definition) is 2. The van der Waals surface area contributed by atoms with Crippen molar-refractivity contribution >= 4 is 0 Å². The second-order valence-electron chi connectivity index (χ2n) is 4.99. The van der Waals surface area contributed by atoms with Crippen LogP contribution in [0.5, 0.6) is 0 Å². The molecule has 1 aliphatic rings. The third-order valence-corrected chi connectivity index (χ3v) is 3.01. The van der Waals surface area contributed by atoms with Crippen molar-refractivity contribution in [2.24, 2.45) is 5.41 Å². The minimum Gasteiger partial charge on any atom is -0.396 e. The largest absolute Gasteiger partial charge is 0.396 e. The molecule has 0 radical (unpaired) electrons. The van der Waals surface area contributed by atoms with E-state index < -0.39 is 0 Å². The molecule has 14 heavy (non-hydrogen) atoms. The second kappa shape index (κ2) is 5.10. The molecule has 0 aromatic carbocycles. The predicted molar refractivity (Wildman–Crippen MR) is 57.3 cm³/mol. The molecule has 0 spiro atoms. The van der Waals surface area contributed by atoms with E-state index in [2.05, 4.69) is 26.1 Å². The molecule has 3 heteroatoms. The monoisotopic (exact) mass is 201 g/mol. The topological polar surface area (TPSA) is 41.5 Å². The highest BCUT2D eigenvalue weighted by Crippen LogP contribution is 2.20. The summed E-state index contributed by atoms with van der Waals surface area (Å²) in [7, 11) is 0. The van der Waals surface area contributed by atoms with Gasteiger partial charge in [-0.1, -0.05) is 13.8 Å². The normalized spacial score (nSPS) is 28.3. The molecular formula is C11H23NO2. The van der Waals surface area contributed by atoms with E-state index >= 15 is 0 Å². The highest BCUT2D eigenvalue weighted by molar-refractivity contribution is 4.82. The lowest BCUT2D eigenvalue weighted by Crippen LogP contribution is -2.40. The molecule has 0 aromatic rings. The summed E-state index contributed by atoms with van der Waals surface area (Å²) < 4.78 is 5.48. The van der Waals surface area contributed by atoms with E-state index in [0.717, 1.165) is 26.0 Å². The minimum absolute atomic E-state index is 0.178.